The van der Waals surface area contributed by atoms with E-state index < -0.39 is 17.3 Å². The Morgan fingerprint density at radius 2 is 1.37 bits per heavy atom. The predicted octanol–water partition coefficient (Wildman–Crippen LogP) is 6.31. The molecule has 0 aliphatic heterocycles. The van der Waals surface area contributed by atoms with Gasteiger partial charge in [-0.05, 0) is 59.2 Å². The van der Waals surface area contributed by atoms with Crippen molar-refractivity contribution in [1.82, 2.24) is 0 Å². The van der Waals surface area contributed by atoms with E-state index in [0.717, 1.165) is 11.1 Å². The zero-order chi connectivity index (χ0) is 25.0. The van der Waals surface area contributed by atoms with E-state index in [9.17, 15) is 15.3 Å². The Kier molecular flexibility index (Phi) is 6.92. The van der Waals surface area contributed by atoms with Crippen molar-refractivity contribution < 1.29 is 14.3 Å². The fraction of sp³-hybridized carbons (Fsp3) is 0.207. The van der Waals surface area contributed by atoms with E-state index in [-0.39, 0.29) is 12.2 Å². The number of ketones is 1. The minimum absolute atomic E-state index is 0.0412. The third kappa shape index (κ3) is 4.52. The van der Waals surface area contributed by atoms with Crippen LogP contribution in [-0.4, -0.2) is 20.0 Å². The fourth-order valence-electron chi connectivity index (χ4n) is 4.74. The van der Waals surface area contributed by atoms with E-state index in [0.29, 0.717) is 27.7 Å². The predicted molar refractivity (Wildman–Crippen MR) is 134 cm³/mol. The zero-order valence-corrected chi connectivity index (χ0v) is 20.1. The van der Waals surface area contributed by atoms with Crippen LogP contribution in [0.2, 0.25) is 5.02 Å². The third-order valence-corrected chi connectivity index (χ3v) is 6.81. The molecule has 0 bridgehead atoms. The summed E-state index contributed by atoms with van der Waals surface area (Å²) < 4.78 is 10.5. The molecule has 0 unspecified atom stereocenters. The third-order valence-electron chi connectivity index (χ3n) is 6.56. The molecule has 3 aromatic carbocycles. The highest BCUT2D eigenvalue weighted by Gasteiger charge is 2.55. The van der Waals surface area contributed by atoms with Gasteiger partial charge >= 0.3 is 0 Å². The monoisotopic (exact) mass is 482 g/mol. The van der Waals surface area contributed by atoms with Gasteiger partial charge in [-0.2, -0.15) is 10.5 Å². The molecule has 0 N–H and O–H groups in total. The van der Waals surface area contributed by atoms with Crippen molar-refractivity contribution in [3.8, 4) is 23.6 Å². The molecule has 6 heteroatoms. The summed E-state index contributed by atoms with van der Waals surface area (Å²) in [4.78, 5) is 13.6. The summed E-state index contributed by atoms with van der Waals surface area (Å²) in [6.45, 7) is 0. The first-order valence-electron chi connectivity index (χ1n) is 11.1. The van der Waals surface area contributed by atoms with E-state index in [1.54, 1.807) is 68.8 Å². The maximum absolute atomic E-state index is 13.6. The van der Waals surface area contributed by atoms with Gasteiger partial charge in [-0.1, -0.05) is 48.0 Å². The Hall–Kier alpha value is -4.06. The first-order chi connectivity index (χ1) is 16.9. The number of methoxy groups -OCH3 is 2. The number of hydrogen-bond acceptors (Lipinski definition) is 5. The van der Waals surface area contributed by atoms with Crippen LogP contribution in [0.15, 0.2) is 78.4 Å². The quantitative estimate of drug-likeness (QED) is 0.397. The number of ether oxygens (including phenoxy) is 2. The molecule has 174 valence electrons. The van der Waals surface area contributed by atoms with Crippen LogP contribution in [0.5, 0.6) is 11.5 Å². The van der Waals surface area contributed by atoms with Gasteiger partial charge in [-0.25, -0.2) is 0 Å². The molecular formula is C29H23ClN2O3. The number of Topliss-reactive ketones (excluding diaryl/α,β-unsaturated/α-hetero) is 1. The molecule has 1 saturated carbocycles. The molecule has 1 aliphatic rings. The smallest absolute Gasteiger partial charge is 0.161 e. The van der Waals surface area contributed by atoms with Gasteiger partial charge in [0.25, 0.3) is 0 Å². The molecule has 0 saturated heterocycles. The number of carbonyl (C=O) groups excluding carboxylic acids is 1. The first-order valence-corrected chi connectivity index (χ1v) is 11.4. The van der Waals surface area contributed by atoms with Crippen LogP contribution in [0.4, 0.5) is 0 Å². The van der Waals surface area contributed by atoms with Crippen molar-refractivity contribution in [2.24, 2.45) is 5.41 Å². The second kappa shape index (κ2) is 10.1. The maximum atomic E-state index is 13.6. The van der Waals surface area contributed by atoms with Gasteiger partial charge in [0.15, 0.2) is 11.2 Å². The molecule has 0 radical (unpaired) electrons. The molecule has 2 atom stereocenters. The van der Waals surface area contributed by atoms with Crippen LogP contribution in [0.3, 0.4) is 0 Å². The van der Waals surface area contributed by atoms with Crippen molar-refractivity contribution in [3.63, 3.8) is 0 Å². The van der Waals surface area contributed by atoms with Gasteiger partial charge in [0, 0.05) is 28.9 Å². The fourth-order valence-corrected chi connectivity index (χ4v) is 4.87. The lowest BCUT2D eigenvalue weighted by molar-refractivity contribution is -0.118. The van der Waals surface area contributed by atoms with E-state index >= 15 is 0 Å². The molecule has 3 aromatic rings. The largest absolute Gasteiger partial charge is 0.497 e. The summed E-state index contributed by atoms with van der Waals surface area (Å²) in [6, 6.07) is 26.1. The zero-order valence-electron chi connectivity index (χ0n) is 19.4. The number of nitrogens with zero attached hydrogens (tertiary/aromatic N) is 2. The minimum atomic E-state index is -1.52. The number of hydrogen-bond donors (Lipinski definition) is 0. The van der Waals surface area contributed by atoms with Crippen LogP contribution in [0, 0.1) is 28.1 Å². The Labute approximate surface area is 209 Å². The van der Waals surface area contributed by atoms with Gasteiger partial charge in [0.05, 0.1) is 26.4 Å². The van der Waals surface area contributed by atoms with Gasteiger partial charge in [-0.3, -0.25) is 4.79 Å². The molecule has 1 aliphatic carbocycles. The van der Waals surface area contributed by atoms with Crippen molar-refractivity contribution in [3.05, 3.63) is 100 Å². The average molecular weight is 483 g/mol. The van der Waals surface area contributed by atoms with Crippen molar-refractivity contribution >= 4 is 23.5 Å². The van der Waals surface area contributed by atoms with Crippen LogP contribution in [0.1, 0.15) is 34.9 Å². The van der Waals surface area contributed by atoms with Crippen LogP contribution in [0.25, 0.3) is 6.08 Å². The number of nitriles is 2. The van der Waals surface area contributed by atoms with Crippen LogP contribution >= 0.6 is 11.6 Å². The summed E-state index contributed by atoms with van der Waals surface area (Å²) in [5.74, 6) is -0.151. The molecule has 4 rings (SSSR count). The van der Waals surface area contributed by atoms with Gasteiger partial charge in [0.1, 0.15) is 11.5 Å². The molecular weight excluding hydrogens is 460 g/mol. The Morgan fingerprint density at radius 3 is 1.89 bits per heavy atom. The Balaban J connectivity index is 1.92. The lowest BCUT2D eigenvalue weighted by Crippen LogP contribution is -2.41. The lowest BCUT2D eigenvalue weighted by atomic mass is 9.55. The normalized spacial score (nSPS) is 20.0. The highest BCUT2D eigenvalue weighted by atomic mass is 35.5. The second-order valence-electron chi connectivity index (χ2n) is 8.40. The number of rotatable bonds is 5. The highest BCUT2D eigenvalue weighted by molar-refractivity contribution is 6.30. The molecule has 0 heterocycles. The average Bonchev–Trinajstić information content (AvgIpc) is 2.90. The van der Waals surface area contributed by atoms with Crippen molar-refractivity contribution in [2.45, 2.75) is 18.3 Å². The molecule has 0 amide bonds. The second-order valence-corrected chi connectivity index (χ2v) is 8.84. The molecule has 0 aromatic heterocycles. The topological polar surface area (TPSA) is 83.1 Å². The van der Waals surface area contributed by atoms with E-state index in [4.69, 9.17) is 21.1 Å². The van der Waals surface area contributed by atoms with E-state index in [1.165, 1.54) is 0 Å². The van der Waals surface area contributed by atoms with Gasteiger partial charge in [0.2, 0.25) is 0 Å². The summed E-state index contributed by atoms with van der Waals surface area (Å²) in [5, 5.41) is 21.6. The summed E-state index contributed by atoms with van der Waals surface area (Å²) in [6.07, 6.45) is 1.81. The number of halogens is 1. The Bertz CT molecular complexity index is 1320. The molecule has 0 spiro atoms. The van der Waals surface area contributed by atoms with Crippen LogP contribution in [-0.2, 0) is 4.79 Å². The highest BCUT2D eigenvalue weighted by Crippen LogP contribution is 2.56. The standard InChI is InChI=1S/C29H23ClN2O3/c1-34-23-11-3-19(4-12-23)15-25-27(33)16-26(20-7-13-24(35-2)14-8-20)29(17-31,18-32)28(25)21-5-9-22(30)10-6-21/h3-15,26,28H,16H2,1-2H3/b25-15-/t26-,28+/m0/s1. The van der Waals surface area contributed by atoms with E-state index in [1.807, 2.05) is 24.3 Å². The number of benzene rings is 3. The van der Waals surface area contributed by atoms with Crippen molar-refractivity contribution in [2.75, 3.05) is 14.2 Å². The van der Waals surface area contributed by atoms with Gasteiger partial charge in [-0.15, -0.1) is 0 Å². The van der Waals surface area contributed by atoms with E-state index in [2.05, 4.69) is 12.1 Å². The lowest BCUT2D eigenvalue weighted by Gasteiger charge is -2.41. The number of carbonyl (C=O) groups is 1. The summed E-state index contributed by atoms with van der Waals surface area (Å²) >= 11 is 6.13. The molecule has 5 nitrogen and oxygen atoms in total. The summed E-state index contributed by atoms with van der Waals surface area (Å²) in [5.41, 5.74) is 1.11. The Morgan fingerprint density at radius 1 is 0.857 bits per heavy atom. The van der Waals surface area contributed by atoms with Crippen molar-refractivity contribution in [1.29, 1.82) is 10.5 Å². The van der Waals surface area contributed by atoms with Gasteiger partial charge < -0.3 is 9.47 Å². The molecule has 35 heavy (non-hydrogen) atoms. The van der Waals surface area contributed by atoms with Crippen LogP contribution < -0.4 is 9.47 Å². The SMILES string of the molecule is COc1ccc(/C=C2/C(=O)C[C@@H](c3ccc(OC)cc3)C(C#N)(C#N)[C@@H]2c2ccc(Cl)cc2)cc1. The number of allylic oxidation sites excluding steroid dienone is 1. The summed E-state index contributed by atoms with van der Waals surface area (Å²) in [7, 11) is 3.16. The minimum Gasteiger partial charge on any atom is -0.497 e. The maximum Gasteiger partial charge on any atom is 0.161 e. The first kappa shape index (κ1) is 24.1. The molecule has 1 fully saturated rings.